The first-order valence-corrected chi connectivity index (χ1v) is 8.47. The minimum absolute atomic E-state index is 0.0404. The molecule has 1 saturated heterocycles. The van der Waals surface area contributed by atoms with Gasteiger partial charge in [-0.25, -0.2) is 0 Å². The van der Waals surface area contributed by atoms with E-state index >= 15 is 0 Å². The Kier molecular flexibility index (Phi) is 6.09. The fourth-order valence-electron chi connectivity index (χ4n) is 3.10. The van der Waals surface area contributed by atoms with Crippen LogP contribution in [-0.4, -0.2) is 29.9 Å². The molecule has 1 unspecified atom stereocenters. The molecule has 1 amide bonds. The number of nitrogens with zero attached hydrogens (tertiary/aromatic N) is 1. The molecule has 4 nitrogen and oxygen atoms in total. The number of nitrogens with two attached hydrogens (primary N) is 1. The van der Waals surface area contributed by atoms with Crippen LogP contribution >= 0.6 is 11.6 Å². The standard InChI is InChI=1S/C17H26ClN3O/c1-12(2)16(21-9-5-3-4-6-10-21)17(22)20-13-7-8-14(18)15(19)11-13/h7-8,11-12,16H,3-6,9-10,19H2,1-2H3,(H,20,22). The molecule has 0 saturated carbocycles. The SMILES string of the molecule is CC(C)C(C(=O)Nc1ccc(Cl)c(N)c1)N1CCCCCC1. The van der Waals surface area contributed by atoms with Crippen LogP contribution in [-0.2, 0) is 4.79 Å². The third-order valence-electron chi connectivity index (χ3n) is 4.20. The van der Waals surface area contributed by atoms with Crippen LogP contribution in [0.4, 0.5) is 11.4 Å². The second kappa shape index (κ2) is 7.84. The number of halogens is 1. The van der Waals surface area contributed by atoms with Gasteiger partial charge in [-0.3, -0.25) is 9.69 Å². The molecule has 122 valence electrons. The first-order chi connectivity index (χ1) is 10.5. The lowest BCUT2D eigenvalue weighted by Crippen LogP contribution is -2.47. The van der Waals surface area contributed by atoms with E-state index in [4.69, 9.17) is 17.3 Å². The van der Waals surface area contributed by atoms with E-state index in [0.29, 0.717) is 16.4 Å². The Morgan fingerprint density at radius 3 is 2.41 bits per heavy atom. The van der Waals surface area contributed by atoms with Gasteiger partial charge in [0.15, 0.2) is 0 Å². The third-order valence-corrected chi connectivity index (χ3v) is 4.54. The van der Waals surface area contributed by atoms with Crippen molar-refractivity contribution in [3.63, 3.8) is 0 Å². The van der Waals surface area contributed by atoms with Gasteiger partial charge >= 0.3 is 0 Å². The van der Waals surface area contributed by atoms with Crippen LogP contribution in [0.1, 0.15) is 39.5 Å². The Balaban J connectivity index is 2.10. The Morgan fingerprint density at radius 1 is 1.23 bits per heavy atom. The van der Waals surface area contributed by atoms with Crippen molar-refractivity contribution in [3.05, 3.63) is 23.2 Å². The normalized spacial score (nSPS) is 18.0. The van der Waals surface area contributed by atoms with Crippen molar-refractivity contribution in [2.24, 2.45) is 5.92 Å². The molecule has 0 aliphatic carbocycles. The van der Waals surface area contributed by atoms with E-state index in [0.717, 1.165) is 13.1 Å². The van der Waals surface area contributed by atoms with Crippen molar-refractivity contribution in [1.82, 2.24) is 4.90 Å². The predicted molar refractivity (Wildman–Crippen MR) is 93.2 cm³/mol. The van der Waals surface area contributed by atoms with Gasteiger partial charge in [-0.1, -0.05) is 38.3 Å². The Morgan fingerprint density at radius 2 is 1.86 bits per heavy atom. The van der Waals surface area contributed by atoms with E-state index in [9.17, 15) is 4.79 Å². The lowest BCUT2D eigenvalue weighted by molar-refractivity contribution is -0.122. The van der Waals surface area contributed by atoms with Crippen LogP contribution in [0.3, 0.4) is 0 Å². The van der Waals surface area contributed by atoms with Crippen molar-refractivity contribution in [2.45, 2.75) is 45.6 Å². The van der Waals surface area contributed by atoms with Crippen LogP contribution < -0.4 is 11.1 Å². The molecule has 1 aliphatic heterocycles. The number of hydrogen-bond donors (Lipinski definition) is 2. The summed E-state index contributed by atoms with van der Waals surface area (Å²) in [6.07, 6.45) is 4.86. The molecule has 3 N–H and O–H groups in total. The highest BCUT2D eigenvalue weighted by Gasteiger charge is 2.29. The number of anilines is 2. The molecule has 0 radical (unpaired) electrons. The quantitative estimate of drug-likeness (QED) is 0.829. The molecule has 2 rings (SSSR count). The van der Waals surface area contributed by atoms with Crippen LogP contribution in [0.2, 0.25) is 5.02 Å². The maximum atomic E-state index is 12.7. The zero-order valence-electron chi connectivity index (χ0n) is 13.4. The number of hydrogen-bond acceptors (Lipinski definition) is 3. The Bertz CT molecular complexity index is 511. The summed E-state index contributed by atoms with van der Waals surface area (Å²) in [4.78, 5) is 15.1. The van der Waals surface area contributed by atoms with Crippen LogP contribution in [0.15, 0.2) is 18.2 Å². The minimum Gasteiger partial charge on any atom is -0.397 e. The van der Waals surface area contributed by atoms with Crippen LogP contribution in [0.25, 0.3) is 0 Å². The van der Waals surface area contributed by atoms with E-state index in [-0.39, 0.29) is 17.9 Å². The summed E-state index contributed by atoms with van der Waals surface area (Å²) < 4.78 is 0. The predicted octanol–water partition coefficient (Wildman–Crippen LogP) is 3.76. The van der Waals surface area contributed by atoms with E-state index in [1.54, 1.807) is 18.2 Å². The molecule has 1 heterocycles. The van der Waals surface area contributed by atoms with Crippen LogP contribution in [0.5, 0.6) is 0 Å². The highest BCUT2D eigenvalue weighted by molar-refractivity contribution is 6.33. The van der Waals surface area contributed by atoms with E-state index in [2.05, 4.69) is 24.1 Å². The van der Waals surface area contributed by atoms with E-state index in [1.807, 2.05) is 0 Å². The summed E-state index contributed by atoms with van der Waals surface area (Å²) >= 11 is 5.92. The van der Waals surface area contributed by atoms with E-state index in [1.165, 1.54) is 25.7 Å². The first kappa shape index (κ1) is 17.1. The summed E-state index contributed by atoms with van der Waals surface area (Å²) in [6, 6.07) is 5.11. The number of carbonyl (C=O) groups is 1. The molecule has 0 bridgehead atoms. The van der Waals surface area contributed by atoms with Crippen molar-refractivity contribution >= 4 is 28.9 Å². The van der Waals surface area contributed by atoms with Gasteiger partial charge in [-0.15, -0.1) is 0 Å². The fourth-order valence-corrected chi connectivity index (χ4v) is 3.22. The second-order valence-electron chi connectivity index (χ2n) is 6.36. The zero-order valence-corrected chi connectivity index (χ0v) is 14.2. The largest absolute Gasteiger partial charge is 0.397 e. The average molecular weight is 324 g/mol. The topological polar surface area (TPSA) is 58.4 Å². The molecular weight excluding hydrogens is 298 g/mol. The summed E-state index contributed by atoms with van der Waals surface area (Å²) in [5.74, 6) is 0.307. The molecule has 0 spiro atoms. The number of nitrogens with one attached hydrogen (secondary N) is 1. The number of amides is 1. The molecule has 1 aliphatic rings. The molecule has 5 heteroatoms. The highest BCUT2D eigenvalue weighted by atomic mass is 35.5. The zero-order chi connectivity index (χ0) is 16.1. The van der Waals surface area contributed by atoms with Gasteiger partial charge in [-0.05, 0) is 50.0 Å². The molecular formula is C17H26ClN3O. The number of carbonyl (C=O) groups excluding carboxylic acids is 1. The summed E-state index contributed by atoms with van der Waals surface area (Å²) in [5, 5.41) is 3.50. The highest BCUT2D eigenvalue weighted by Crippen LogP contribution is 2.24. The van der Waals surface area contributed by atoms with Gasteiger partial charge in [0.1, 0.15) is 0 Å². The molecule has 22 heavy (non-hydrogen) atoms. The number of rotatable bonds is 4. The minimum atomic E-state index is -0.102. The molecule has 0 aromatic heterocycles. The number of likely N-dealkylation sites (tertiary alicyclic amines) is 1. The molecule has 1 aromatic rings. The van der Waals surface area contributed by atoms with Crippen molar-refractivity contribution in [1.29, 1.82) is 0 Å². The lowest BCUT2D eigenvalue weighted by Gasteiger charge is -2.32. The summed E-state index contributed by atoms with van der Waals surface area (Å²) in [5.41, 5.74) is 6.99. The van der Waals surface area contributed by atoms with E-state index < -0.39 is 0 Å². The molecule has 1 aromatic carbocycles. The summed E-state index contributed by atoms with van der Waals surface area (Å²) in [7, 11) is 0. The monoisotopic (exact) mass is 323 g/mol. The fraction of sp³-hybridized carbons (Fsp3) is 0.588. The van der Waals surface area contributed by atoms with Crippen molar-refractivity contribution in [2.75, 3.05) is 24.1 Å². The van der Waals surface area contributed by atoms with Gasteiger partial charge in [0.2, 0.25) is 5.91 Å². The number of benzene rings is 1. The molecule has 1 atom stereocenters. The molecule has 1 fully saturated rings. The van der Waals surface area contributed by atoms with Crippen LogP contribution in [0, 0.1) is 5.92 Å². The van der Waals surface area contributed by atoms with Crippen molar-refractivity contribution < 1.29 is 4.79 Å². The maximum absolute atomic E-state index is 12.7. The lowest BCUT2D eigenvalue weighted by atomic mass is 10.0. The summed E-state index contributed by atoms with van der Waals surface area (Å²) in [6.45, 7) is 6.20. The average Bonchev–Trinajstić information content (AvgIpc) is 2.72. The Labute approximate surface area is 138 Å². The van der Waals surface area contributed by atoms with Gasteiger partial charge in [-0.2, -0.15) is 0 Å². The Hall–Kier alpha value is -1.26. The maximum Gasteiger partial charge on any atom is 0.241 e. The number of nitrogen functional groups attached to an aromatic ring is 1. The smallest absolute Gasteiger partial charge is 0.241 e. The van der Waals surface area contributed by atoms with Gasteiger partial charge in [0, 0.05) is 5.69 Å². The third kappa shape index (κ3) is 4.37. The van der Waals surface area contributed by atoms with Gasteiger partial charge in [0.25, 0.3) is 0 Å². The second-order valence-corrected chi connectivity index (χ2v) is 6.77. The van der Waals surface area contributed by atoms with Gasteiger partial charge in [0.05, 0.1) is 16.8 Å². The van der Waals surface area contributed by atoms with Crippen molar-refractivity contribution in [3.8, 4) is 0 Å². The van der Waals surface area contributed by atoms with Gasteiger partial charge < -0.3 is 11.1 Å². The first-order valence-electron chi connectivity index (χ1n) is 8.09.